The first-order valence-electron chi connectivity index (χ1n) is 9.63. The lowest BCUT2D eigenvalue weighted by Crippen LogP contribution is -2.29. The maximum Gasteiger partial charge on any atom is 0.255 e. The maximum absolute atomic E-state index is 12.9. The zero-order chi connectivity index (χ0) is 20.9. The zero-order valence-corrected chi connectivity index (χ0v) is 18.3. The fourth-order valence-corrected chi connectivity index (χ4v) is 4.86. The lowest BCUT2D eigenvalue weighted by molar-refractivity contribution is 0.0789. The number of benzene rings is 2. The molecule has 0 saturated carbocycles. The van der Waals surface area contributed by atoms with Crippen molar-refractivity contribution in [3.05, 3.63) is 53.6 Å². The van der Waals surface area contributed by atoms with Crippen LogP contribution in [-0.4, -0.2) is 45.2 Å². The Morgan fingerprint density at radius 1 is 1.14 bits per heavy atom. The van der Waals surface area contributed by atoms with Crippen molar-refractivity contribution < 1.29 is 17.9 Å². The van der Waals surface area contributed by atoms with Gasteiger partial charge in [0.25, 0.3) is 5.91 Å². The number of carbonyl (C=O) groups excluding carboxylic acids is 1. The van der Waals surface area contributed by atoms with Crippen LogP contribution in [0.15, 0.2) is 52.3 Å². The van der Waals surface area contributed by atoms with Gasteiger partial charge in [-0.25, -0.2) is 13.1 Å². The summed E-state index contributed by atoms with van der Waals surface area (Å²) in [4.78, 5) is 15.5. The molecule has 2 aromatic carbocycles. The third kappa shape index (κ3) is 5.32. The standard InChI is InChI=1S/C21H26N2O4S2/c1-3-27-17-8-6-16(7-9-17)15-22-29(25,26)18-10-11-20(28-2)19(14-18)21(24)23-12-4-5-13-23/h6-11,14,22H,3-5,12-13,15H2,1-2H3. The van der Waals surface area contributed by atoms with E-state index in [4.69, 9.17) is 4.74 Å². The highest BCUT2D eigenvalue weighted by atomic mass is 32.2. The molecule has 8 heteroatoms. The summed E-state index contributed by atoms with van der Waals surface area (Å²) in [6.07, 6.45) is 3.86. The molecule has 0 aliphatic carbocycles. The van der Waals surface area contributed by atoms with Gasteiger partial charge in [0.1, 0.15) is 5.75 Å². The van der Waals surface area contributed by atoms with Crippen LogP contribution in [0, 0.1) is 0 Å². The van der Waals surface area contributed by atoms with Crippen molar-refractivity contribution in [1.29, 1.82) is 0 Å². The first-order chi connectivity index (χ1) is 13.9. The molecule has 0 bridgehead atoms. The van der Waals surface area contributed by atoms with Gasteiger partial charge in [0.2, 0.25) is 10.0 Å². The summed E-state index contributed by atoms with van der Waals surface area (Å²) in [5, 5.41) is 0. The number of sulfonamides is 1. The number of nitrogens with zero attached hydrogens (tertiary/aromatic N) is 1. The number of rotatable bonds is 8. The smallest absolute Gasteiger partial charge is 0.255 e. The van der Waals surface area contributed by atoms with E-state index in [0.717, 1.165) is 42.1 Å². The molecule has 1 aliphatic rings. The van der Waals surface area contributed by atoms with Crippen LogP contribution in [0.5, 0.6) is 5.75 Å². The molecule has 1 heterocycles. The van der Waals surface area contributed by atoms with Crippen LogP contribution >= 0.6 is 11.8 Å². The minimum atomic E-state index is -3.74. The minimum absolute atomic E-state index is 0.101. The van der Waals surface area contributed by atoms with Crippen molar-refractivity contribution in [2.45, 2.75) is 36.1 Å². The fraction of sp³-hybridized carbons (Fsp3) is 0.381. The number of nitrogens with one attached hydrogen (secondary N) is 1. The second kappa shape index (κ2) is 9.65. The van der Waals surface area contributed by atoms with Gasteiger partial charge in [0.15, 0.2) is 0 Å². The van der Waals surface area contributed by atoms with E-state index in [9.17, 15) is 13.2 Å². The normalized spacial score (nSPS) is 14.2. The molecule has 6 nitrogen and oxygen atoms in total. The summed E-state index contributed by atoms with van der Waals surface area (Å²) in [5.41, 5.74) is 1.27. The molecule has 3 rings (SSSR count). The molecule has 1 amide bonds. The maximum atomic E-state index is 12.9. The van der Waals surface area contributed by atoms with Gasteiger partial charge < -0.3 is 9.64 Å². The zero-order valence-electron chi connectivity index (χ0n) is 16.7. The lowest BCUT2D eigenvalue weighted by atomic mass is 10.2. The predicted octanol–water partition coefficient (Wildman–Crippen LogP) is 3.52. The van der Waals surface area contributed by atoms with E-state index in [-0.39, 0.29) is 17.3 Å². The van der Waals surface area contributed by atoms with Gasteiger partial charge in [-0.3, -0.25) is 4.79 Å². The van der Waals surface area contributed by atoms with Crippen molar-refractivity contribution >= 4 is 27.7 Å². The molecule has 0 radical (unpaired) electrons. The Balaban J connectivity index is 1.77. The Morgan fingerprint density at radius 2 is 1.83 bits per heavy atom. The van der Waals surface area contributed by atoms with E-state index in [1.165, 1.54) is 17.8 Å². The van der Waals surface area contributed by atoms with Gasteiger partial charge >= 0.3 is 0 Å². The predicted molar refractivity (Wildman–Crippen MR) is 115 cm³/mol. The van der Waals surface area contributed by atoms with E-state index in [1.54, 1.807) is 17.0 Å². The molecule has 1 saturated heterocycles. The molecule has 156 valence electrons. The van der Waals surface area contributed by atoms with Gasteiger partial charge in [-0.2, -0.15) is 0 Å². The molecule has 0 spiro atoms. The summed E-state index contributed by atoms with van der Waals surface area (Å²) in [6.45, 7) is 4.09. The molecule has 0 aromatic heterocycles. The van der Waals surface area contributed by atoms with Gasteiger partial charge in [-0.05, 0) is 61.9 Å². The van der Waals surface area contributed by atoms with Gasteiger partial charge in [0, 0.05) is 24.5 Å². The van der Waals surface area contributed by atoms with E-state index in [0.29, 0.717) is 12.2 Å². The Hall–Kier alpha value is -2.03. The summed E-state index contributed by atoms with van der Waals surface area (Å²) in [6, 6.07) is 12.0. The molecule has 1 fully saturated rings. The molecule has 0 atom stereocenters. The molecule has 1 aliphatic heterocycles. The minimum Gasteiger partial charge on any atom is -0.494 e. The van der Waals surface area contributed by atoms with Crippen LogP contribution in [-0.2, 0) is 16.6 Å². The molecule has 1 N–H and O–H groups in total. The molecule has 2 aromatic rings. The van der Waals surface area contributed by atoms with Gasteiger partial charge in [-0.15, -0.1) is 11.8 Å². The third-order valence-electron chi connectivity index (χ3n) is 4.81. The van der Waals surface area contributed by atoms with Gasteiger partial charge in [0.05, 0.1) is 17.1 Å². The number of carbonyl (C=O) groups is 1. The second-order valence-corrected chi connectivity index (χ2v) is 9.38. The Kier molecular flexibility index (Phi) is 7.21. The number of likely N-dealkylation sites (tertiary alicyclic amines) is 1. The number of hydrogen-bond donors (Lipinski definition) is 1. The number of ether oxygens (including phenoxy) is 1. The Morgan fingerprint density at radius 3 is 2.45 bits per heavy atom. The van der Waals surface area contributed by atoms with Gasteiger partial charge in [-0.1, -0.05) is 12.1 Å². The number of amides is 1. The van der Waals surface area contributed by atoms with Crippen molar-refractivity contribution in [2.24, 2.45) is 0 Å². The van der Waals surface area contributed by atoms with Crippen molar-refractivity contribution in [3.63, 3.8) is 0 Å². The molecule has 29 heavy (non-hydrogen) atoms. The van der Waals surface area contributed by atoms with E-state index in [1.807, 2.05) is 37.4 Å². The first kappa shape index (κ1) is 21.7. The lowest BCUT2D eigenvalue weighted by Gasteiger charge is -2.18. The second-order valence-electron chi connectivity index (χ2n) is 6.76. The quantitative estimate of drug-likeness (QED) is 0.644. The highest BCUT2D eigenvalue weighted by molar-refractivity contribution is 7.98. The van der Waals surface area contributed by atoms with Crippen molar-refractivity contribution in [1.82, 2.24) is 9.62 Å². The number of hydrogen-bond acceptors (Lipinski definition) is 5. The van der Waals surface area contributed by atoms with Crippen molar-refractivity contribution in [2.75, 3.05) is 26.0 Å². The molecular weight excluding hydrogens is 408 g/mol. The first-order valence-corrected chi connectivity index (χ1v) is 12.3. The molecular formula is C21H26N2O4S2. The average Bonchev–Trinajstić information content (AvgIpc) is 3.27. The van der Waals surface area contributed by atoms with Crippen LogP contribution in [0.2, 0.25) is 0 Å². The summed E-state index contributed by atoms with van der Waals surface area (Å²) >= 11 is 1.44. The third-order valence-corrected chi connectivity index (χ3v) is 7.00. The van der Waals surface area contributed by atoms with Crippen LogP contribution in [0.4, 0.5) is 0 Å². The fourth-order valence-electron chi connectivity index (χ4n) is 3.24. The number of thioether (sulfide) groups is 1. The Labute approximate surface area is 176 Å². The Bertz CT molecular complexity index is 953. The van der Waals surface area contributed by atoms with Crippen LogP contribution in [0.3, 0.4) is 0 Å². The highest BCUT2D eigenvalue weighted by Crippen LogP contribution is 2.26. The SMILES string of the molecule is CCOc1ccc(CNS(=O)(=O)c2ccc(SC)c(C(=O)N3CCCC3)c2)cc1. The topological polar surface area (TPSA) is 75.7 Å². The van der Waals surface area contributed by atoms with E-state index >= 15 is 0 Å². The van der Waals surface area contributed by atoms with E-state index < -0.39 is 10.0 Å². The van der Waals surface area contributed by atoms with E-state index in [2.05, 4.69) is 4.72 Å². The van der Waals surface area contributed by atoms with Crippen LogP contribution in [0.1, 0.15) is 35.7 Å². The summed E-state index contributed by atoms with van der Waals surface area (Å²) in [7, 11) is -3.74. The average molecular weight is 435 g/mol. The summed E-state index contributed by atoms with van der Waals surface area (Å²) in [5.74, 6) is 0.646. The molecule has 0 unspecified atom stereocenters. The van der Waals surface area contributed by atoms with Crippen molar-refractivity contribution in [3.8, 4) is 5.75 Å². The summed E-state index contributed by atoms with van der Waals surface area (Å²) < 4.78 is 33.6. The highest BCUT2D eigenvalue weighted by Gasteiger charge is 2.24. The largest absolute Gasteiger partial charge is 0.494 e. The van der Waals surface area contributed by atoms with Crippen LogP contribution in [0.25, 0.3) is 0 Å². The monoisotopic (exact) mass is 434 g/mol. The van der Waals surface area contributed by atoms with Crippen LogP contribution < -0.4 is 9.46 Å².